The van der Waals surface area contributed by atoms with E-state index in [0.29, 0.717) is 29.1 Å². The van der Waals surface area contributed by atoms with Crippen LogP contribution in [0.2, 0.25) is 0 Å². The molecule has 3 aromatic heterocycles. The maximum Gasteiger partial charge on any atom is 0.277 e. The number of hydrogen-bond acceptors (Lipinski definition) is 6. The second kappa shape index (κ2) is 3.88. The molecular weight excluding hydrogens is 256 g/mol. The maximum atomic E-state index is 11.6. The highest BCUT2D eigenvalue weighted by Crippen LogP contribution is 2.09. The molecule has 8 nitrogen and oxygen atoms in total. The number of hydrogen-bond donors (Lipinski definition) is 2. The fourth-order valence-electron chi connectivity index (χ4n) is 1.67. The van der Waals surface area contributed by atoms with E-state index in [4.69, 9.17) is 12.2 Å². The predicted octanol–water partition coefficient (Wildman–Crippen LogP) is 0.522. The molecule has 0 fully saturated rings. The Kier molecular flexibility index (Phi) is 2.33. The van der Waals surface area contributed by atoms with Crippen LogP contribution in [-0.2, 0) is 6.54 Å². The average molecular weight is 264 g/mol. The van der Waals surface area contributed by atoms with Crippen LogP contribution in [-0.4, -0.2) is 29.8 Å². The van der Waals surface area contributed by atoms with Gasteiger partial charge in [0, 0.05) is 0 Å². The minimum atomic E-state index is -0.293. The second-order valence-corrected chi connectivity index (χ2v) is 4.13. The normalized spacial score (nSPS) is 11.2. The first-order chi connectivity index (χ1) is 8.66. The first-order valence-electron chi connectivity index (χ1n) is 5.11. The van der Waals surface area contributed by atoms with Crippen molar-refractivity contribution in [2.24, 2.45) is 0 Å². The third-order valence-corrected chi connectivity index (χ3v) is 2.94. The Morgan fingerprint density at radius 1 is 1.50 bits per heavy atom. The van der Waals surface area contributed by atoms with E-state index in [1.165, 1.54) is 6.33 Å². The molecule has 0 atom stereocenters. The van der Waals surface area contributed by atoms with Crippen molar-refractivity contribution in [2.75, 3.05) is 0 Å². The van der Waals surface area contributed by atoms with Crippen molar-refractivity contribution in [1.82, 2.24) is 29.8 Å². The molecule has 9 heteroatoms. The van der Waals surface area contributed by atoms with Gasteiger partial charge < -0.3 is 4.98 Å². The molecule has 0 bridgehead atoms. The van der Waals surface area contributed by atoms with Crippen LogP contribution in [0.1, 0.15) is 11.4 Å². The van der Waals surface area contributed by atoms with Crippen molar-refractivity contribution in [3.63, 3.8) is 0 Å². The minimum Gasteiger partial charge on any atom is -0.339 e. The van der Waals surface area contributed by atoms with Crippen LogP contribution in [0.15, 0.2) is 15.8 Å². The summed E-state index contributed by atoms with van der Waals surface area (Å²) in [4.78, 5) is 21.1. The topological polar surface area (TPSA) is 105 Å². The largest absolute Gasteiger partial charge is 0.339 e. The summed E-state index contributed by atoms with van der Waals surface area (Å²) >= 11 is 5.12. The average Bonchev–Trinajstić information content (AvgIpc) is 2.93. The number of nitrogens with zero attached hydrogens (tertiary/aromatic N) is 4. The summed E-state index contributed by atoms with van der Waals surface area (Å²) < 4.78 is 6.57. The van der Waals surface area contributed by atoms with Gasteiger partial charge in [0.15, 0.2) is 10.4 Å². The summed E-state index contributed by atoms with van der Waals surface area (Å²) in [6, 6.07) is 0. The molecule has 0 spiro atoms. The van der Waals surface area contributed by atoms with Gasteiger partial charge in [0.1, 0.15) is 16.9 Å². The molecule has 2 N–H and O–H groups in total. The molecular formula is C9H8N6O2S. The summed E-state index contributed by atoms with van der Waals surface area (Å²) in [6.07, 6.45) is 1.44. The lowest BCUT2D eigenvalue weighted by Crippen LogP contribution is -2.15. The van der Waals surface area contributed by atoms with Crippen molar-refractivity contribution < 1.29 is 4.63 Å². The number of H-pyrrole nitrogens is 2. The molecule has 0 saturated heterocycles. The van der Waals surface area contributed by atoms with Gasteiger partial charge in [-0.25, -0.2) is 9.61 Å². The number of rotatable bonds is 2. The molecule has 0 aliphatic carbocycles. The van der Waals surface area contributed by atoms with Crippen LogP contribution in [0.4, 0.5) is 0 Å². The van der Waals surface area contributed by atoms with Crippen LogP contribution in [0.25, 0.3) is 11.2 Å². The van der Waals surface area contributed by atoms with Gasteiger partial charge in [0.05, 0.1) is 12.9 Å². The lowest BCUT2D eigenvalue weighted by molar-refractivity contribution is 0.300. The van der Waals surface area contributed by atoms with E-state index < -0.39 is 0 Å². The van der Waals surface area contributed by atoms with Gasteiger partial charge in [-0.3, -0.25) is 14.3 Å². The van der Waals surface area contributed by atoms with E-state index in [-0.39, 0.29) is 10.3 Å². The molecule has 0 saturated carbocycles. The van der Waals surface area contributed by atoms with Gasteiger partial charge in [-0.2, -0.15) is 0 Å². The third-order valence-electron chi connectivity index (χ3n) is 2.62. The molecule has 18 heavy (non-hydrogen) atoms. The van der Waals surface area contributed by atoms with E-state index >= 15 is 0 Å². The lowest BCUT2D eigenvalue weighted by atomic mass is 10.3. The minimum absolute atomic E-state index is 0.280. The Labute approximate surface area is 105 Å². The Balaban J connectivity index is 2.23. The van der Waals surface area contributed by atoms with Crippen LogP contribution in [0, 0.1) is 11.7 Å². The smallest absolute Gasteiger partial charge is 0.277 e. The molecule has 0 aliphatic rings. The fraction of sp³-hybridized carbons (Fsp3) is 0.222. The van der Waals surface area contributed by atoms with E-state index in [1.807, 2.05) is 0 Å². The van der Waals surface area contributed by atoms with Gasteiger partial charge in [0.25, 0.3) is 5.56 Å². The SMILES string of the molecule is Cc1nonc1Cn1c(=S)[nH]c(=O)c2[nH]cnc21. The number of aromatic amines is 2. The van der Waals surface area contributed by atoms with Crippen LogP contribution < -0.4 is 5.56 Å². The quantitative estimate of drug-likeness (QED) is 0.654. The molecule has 0 amide bonds. The van der Waals surface area contributed by atoms with Crippen LogP contribution >= 0.6 is 12.2 Å². The molecule has 92 valence electrons. The zero-order valence-electron chi connectivity index (χ0n) is 9.30. The van der Waals surface area contributed by atoms with Gasteiger partial charge in [0.2, 0.25) is 0 Å². The van der Waals surface area contributed by atoms with Gasteiger partial charge in [-0.1, -0.05) is 10.3 Å². The zero-order valence-corrected chi connectivity index (χ0v) is 10.1. The Morgan fingerprint density at radius 2 is 2.33 bits per heavy atom. The maximum absolute atomic E-state index is 11.6. The summed E-state index contributed by atoms with van der Waals surface area (Å²) in [5.41, 5.74) is 1.87. The number of imidazole rings is 1. The molecule has 0 unspecified atom stereocenters. The molecule has 3 heterocycles. The molecule has 0 radical (unpaired) electrons. The van der Waals surface area contributed by atoms with E-state index in [1.54, 1.807) is 11.5 Å². The monoisotopic (exact) mass is 264 g/mol. The van der Waals surface area contributed by atoms with Crippen molar-refractivity contribution in [3.05, 3.63) is 32.8 Å². The number of aromatic nitrogens is 6. The summed E-state index contributed by atoms with van der Waals surface area (Å²) in [7, 11) is 0. The number of aryl methyl sites for hydroxylation is 1. The zero-order chi connectivity index (χ0) is 12.7. The van der Waals surface area contributed by atoms with Crippen molar-refractivity contribution >= 4 is 23.4 Å². The summed E-state index contributed by atoms with van der Waals surface area (Å²) in [5, 5.41) is 7.48. The predicted molar refractivity (Wildman–Crippen MR) is 63.7 cm³/mol. The van der Waals surface area contributed by atoms with Crippen molar-refractivity contribution in [2.45, 2.75) is 13.5 Å². The molecule has 0 aliphatic heterocycles. The lowest BCUT2D eigenvalue weighted by Gasteiger charge is -2.04. The summed E-state index contributed by atoms with van der Waals surface area (Å²) in [5.74, 6) is 0. The standard InChI is InChI=1S/C9H8N6O2S/c1-4-5(14-17-13-4)2-15-7-6(10-3-11-7)8(16)12-9(15)18/h3H,2H2,1H3,(H,10,11)(H,12,16,18). The Hall–Kier alpha value is -2.29. The number of fused-ring (bicyclic) bond motifs is 1. The first-order valence-corrected chi connectivity index (χ1v) is 5.52. The highest BCUT2D eigenvalue weighted by molar-refractivity contribution is 7.71. The molecule has 3 rings (SSSR count). The third kappa shape index (κ3) is 1.56. The van der Waals surface area contributed by atoms with Gasteiger partial charge in [-0.05, 0) is 19.1 Å². The Bertz CT molecular complexity index is 825. The fourth-order valence-corrected chi connectivity index (χ4v) is 1.92. The van der Waals surface area contributed by atoms with E-state index in [2.05, 4.69) is 29.9 Å². The second-order valence-electron chi connectivity index (χ2n) is 3.74. The first kappa shape index (κ1) is 10.8. The van der Waals surface area contributed by atoms with E-state index in [0.717, 1.165) is 0 Å². The van der Waals surface area contributed by atoms with Gasteiger partial charge >= 0.3 is 0 Å². The Morgan fingerprint density at radius 3 is 3.06 bits per heavy atom. The van der Waals surface area contributed by atoms with Crippen molar-refractivity contribution in [1.29, 1.82) is 0 Å². The van der Waals surface area contributed by atoms with Crippen LogP contribution in [0.3, 0.4) is 0 Å². The number of nitrogens with one attached hydrogen (secondary N) is 2. The highest BCUT2D eigenvalue weighted by atomic mass is 32.1. The van der Waals surface area contributed by atoms with Gasteiger partial charge in [-0.15, -0.1) is 0 Å². The highest BCUT2D eigenvalue weighted by Gasteiger charge is 2.12. The van der Waals surface area contributed by atoms with Crippen LogP contribution in [0.5, 0.6) is 0 Å². The molecule has 3 aromatic rings. The summed E-state index contributed by atoms with van der Waals surface area (Å²) in [6.45, 7) is 2.12. The van der Waals surface area contributed by atoms with Crippen molar-refractivity contribution in [3.8, 4) is 0 Å². The van der Waals surface area contributed by atoms with E-state index in [9.17, 15) is 4.79 Å². The molecule has 0 aromatic carbocycles.